The molecule has 12 rings (SSSR count). The lowest BCUT2D eigenvalue weighted by Crippen LogP contribution is -2.28. The average molecular weight is 960 g/mol. The zero-order valence-corrected chi connectivity index (χ0v) is 37.7. The molecule has 0 radical (unpaired) electrons. The number of alkyl halides is 4. The maximum Gasteiger partial charge on any atom is 0.586 e. The van der Waals surface area contributed by atoms with Crippen molar-refractivity contribution in [3.63, 3.8) is 0 Å². The third-order valence-electron chi connectivity index (χ3n) is 13.1. The highest BCUT2D eigenvalue weighted by atomic mass is 19.3. The van der Waals surface area contributed by atoms with E-state index in [1.54, 1.807) is 12.1 Å². The Morgan fingerprint density at radius 2 is 0.930 bits per heavy atom. The Morgan fingerprint density at radius 1 is 0.507 bits per heavy atom. The molecule has 0 unspecified atom stereocenters. The van der Waals surface area contributed by atoms with Gasteiger partial charge in [0.2, 0.25) is 17.7 Å². The van der Waals surface area contributed by atoms with E-state index in [9.17, 15) is 31.9 Å². The van der Waals surface area contributed by atoms with Crippen LogP contribution in [0.2, 0.25) is 0 Å². The lowest BCUT2D eigenvalue weighted by atomic mass is 9.94. The molecule has 4 aliphatic rings. The Hall–Kier alpha value is -8.53. The molecule has 356 valence electrons. The van der Waals surface area contributed by atoms with E-state index < -0.39 is 23.4 Å². The SMILES string of the molecule is CC(=O)NCc1ccc(-c2nc(NC(=O)C3(c4ccc5c(c4)OC(F)(F)O5)CC3)cc3ccccc23)cc1.O=C(Nc1cc2ccccc2c(-c2ccccc2)n1)C1(c2ccc3c(c2)OC(F)(F)O3)CC1. The number of rotatable bonds is 10. The van der Waals surface area contributed by atoms with Gasteiger partial charge in [0.25, 0.3) is 0 Å². The summed E-state index contributed by atoms with van der Waals surface area (Å²) in [5, 5.41) is 12.5. The highest BCUT2D eigenvalue weighted by molar-refractivity contribution is 6.05. The molecule has 6 aromatic carbocycles. The number of nitrogens with zero attached hydrogens (tertiary/aromatic N) is 2. The van der Waals surface area contributed by atoms with Crippen molar-refractivity contribution in [1.29, 1.82) is 0 Å². The first kappa shape index (κ1) is 44.9. The fraction of sp³-hybridized carbons (Fsp3) is 0.182. The number of halogens is 4. The number of aromatic nitrogens is 2. The van der Waals surface area contributed by atoms with Gasteiger partial charge in [-0.05, 0) is 89.5 Å². The van der Waals surface area contributed by atoms with Crippen molar-refractivity contribution >= 4 is 50.9 Å². The Kier molecular flexibility index (Phi) is 10.9. The number of hydrogen-bond donors (Lipinski definition) is 3. The first-order chi connectivity index (χ1) is 34.2. The maximum atomic E-state index is 13.5. The van der Waals surface area contributed by atoms with E-state index in [0.29, 0.717) is 60.7 Å². The Bertz CT molecular complexity index is 3440. The average Bonchev–Trinajstić information content (AvgIpc) is 4.29. The highest BCUT2D eigenvalue weighted by Crippen LogP contribution is 2.54. The van der Waals surface area contributed by atoms with E-state index in [0.717, 1.165) is 43.9 Å². The van der Waals surface area contributed by atoms with E-state index >= 15 is 0 Å². The van der Waals surface area contributed by atoms with Gasteiger partial charge in [-0.15, -0.1) is 17.6 Å². The molecule has 3 amide bonds. The molecule has 4 heterocycles. The molecule has 16 heteroatoms. The normalized spacial score (nSPS) is 16.6. The van der Waals surface area contributed by atoms with Crippen LogP contribution in [-0.4, -0.2) is 40.3 Å². The molecule has 0 saturated heterocycles. The lowest BCUT2D eigenvalue weighted by Gasteiger charge is -2.17. The van der Waals surface area contributed by atoms with Gasteiger partial charge in [0.15, 0.2) is 23.0 Å². The minimum absolute atomic E-state index is 0.0383. The Labute approximate surface area is 402 Å². The smallest absolute Gasteiger partial charge is 0.395 e. The molecule has 2 aliphatic carbocycles. The van der Waals surface area contributed by atoms with Crippen LogP contribution < -0.4 is 34.9 Å². The third-order valence-corrected chi connectivity index (χ3v) is 13.1. The van der Waals surface area contributed by atoms with Crippen LogP contribution in [0.5, 0.6) is 23.0 Å². The van der Waals surface area contributed by atoms with Crippen LogP contribution in [0, 0.1) is 0 Å². The van der Waals surface area contributed by atoms with Gasteiger partial charge in [0.1, 0.15) is 11.6 Å². The van der Waals surface area contributed by atoms with Gasteiger partial charge >= 0.3 is 12.6 Å². The molecule has 0 spiro atoms. The quantitative estimate of drug-likeness (QED) is 0.114. The minimum atomic E-state index is -3.71. The first-order valence-electron chi connectivity index (χ1n) is 22.8. The Balaban J connectivity index is 0.000000155. The third kappa shape index (κ3) is 8.88. The molecule has 0 bridgehead atoms. The predicted molar refractivity (Wildman–Crippen MR) is 256 cm³/mol. The van der Waals surface area contributed by atoms with Crippen LogP contribution in [0.4, 0.5) is 29.2 Å². The molecule has 8 aromatic rings. The van der Waals surface area contributed by atoms with Crippen LogP contribution in [-0.2, 0) is 31.8 Å². The second kappa shape index (κ2) is 17.2. The topological polar surface area (TPSA) is 150 Å². The van der Waals surface area contributed by atoms with E-state index in [1.807, 2.05) is 115 Å². The molecule has 0 atom stereocenters. The number of fused-ring (bicyclic) bond motifs is 4. The number of pyridine rings is 2. The van der Waals surface area contributed by atoms with Gasteiger partial charge in [-0.3, -0.25) is 14.4 Å². The van der Waals surface area contributed by atoms with Crippen LogP contribution in [0.25, 0.3) is 44.1 Å². The van der Waals surface area contributed by atoms with Crippen molar-refractivity contribution in [2.24, 2.45) is 0 Å². The second-order valence-electron chi connectivity index (χ2n) is 17.9. The summed E-state index contributed by atoms with van der Waals surface area (Å²) >= 11 is 0. The van der Waals surface area contributed by atoms with Gasteiger partial charge in [-0.1, -0.05) is 115 Å². The second-order valence-corrected chi connectivity index (χ2v) is 17.9. The standard InChI is InChI=1S/C29H23F2N3O4.C26H18F2N2O3/c1-17(35)32-16-18-6-8-19(9-7-18)26-22-5-3-2-4-20(22)14-25(33-26)34-27(36)28(12-13-28)21-10-11-23-24(15-21)38-29(30,31)37-23;27-26(28)32-20-11-10-18(15-21(20)33-26)25(12-13-25)24(31)30-22-14-17-8-4-5-9-19(17)23(29-22)16-6-2-1-3-7-16/h2-11,14-15H,12-13,16H2,1H3,(H,32,35)(H,33,34,36);1-11,14-15H,12-13H2,(H,29,30,31). The summed E-state index contributed by atoms with van der Waals surface area (Å²) in [6.45, 7) is 1.90. The summed E-state index contributed by atoms with van der Waals surface area (Å²) in [6.07, 6.45) is -5.05. The van der Waals surface area contributed by atoms with Crippen LogP contribution in [0.15, 0.2) is 152 Å². The predicted octanol–water partition coefficient (Wildman–Crippen LogP) is 11.4. The zero-order chi connectivity index (χ0) is 49.1. The molecular formula is C55H41F4N5O7. The number of carbonyl (C=O) groups is 3. The van der Waals surface area contributed by atoms with Crippen molar-refractivity contribution in [1.82, 2.24) is 15.3 Å². The zero-order valence-electron chi connectivity index (χ0n) is 37.7. The van der Waals surface area contributed by atoms with Crippen molar-refractivity contribution in [3.8, 4) is 45.5 Å². The summed E-state index contributed by atoms with van der Waals surface area (Å²) in [6, 6.07) is 45.8. The van der Waals surface area contributed by atoms with Gasteiger partial charge in [-0.2, -0.15) is 0 Å². The fourth-order valence-electron chi connectivity index (χ4n) is 9.08. The molecule has 2 aromatic heterocycles. The van der Waals surface area contributed by atoms with E-state index in [1.165, 1.54) is 31.2 Å². The maximum absolute atomic E-state index is 13.5. The van der Waals surface area contributed by atoms with Crippen LogP contribution in [0.3, 0.4) is 0 Å². The van der Waals surface area contributed by atoms with Gasteiger partial charge in [-0.25, -0.2) is 9.97 Å². The first-order valence-corrected chi connectivity index (χ1v) is 22.8. The van der Waals surface area contributed by atoms with Gasteiger partial charge in [0.05, 0.1) is 22.2 Å². The monoisotopic (exact) mass is 959 g/mol. The minimum Gasteiger partial charge on any atom is -0.395 e. The summed E-state index contributed by atoms with van der Waals surface area (Å²) in [7, 11) is 0. The van der Waals surface area contributed by atoms with Gasteiger partial charge in [0, 0.05) is 35.4 Å². The number of hydrogen-bond acceptors (Lipinski definition) is 9. The van der Waals surface area contributed by atoms with Crippen molar-refractivity contribution in [2.45, 2.75) is 62.6 Å². The summed E-state index contributed by atoms with van der Waals surface area (Å²) in [5.74, 6) is 0.00404. The van der Waals surface area contributed by atoms with Crippen molar-refractivity contribution in [2.75, 3.05) is 10.6 Å². The van der Waals surface area contributed by atoms with Crippen LogP contribution in [0.1, 0.15) is 49.3 Å². The lowest BCUT2D eigenvalue weighted by molar-refractivity contribution is -0.287. The van der Waals surface area contributed by atoms with E-state index in [4.69, 9.17) is 9.97 Å². The number of anilines is 2. The Morgan fingerprint density at radius 3 is 1.38 bits per heavy atom. The largest absolute Gasteiger partial charge is 0.586 e. The molecule has 2 fully saturated rings. The van der Waals surface area contributed by atoms with Crippen LogP contribution >= 0.6 is 0 Å². The van der Waals surface area contributed by atoms with Crippen molar-refractivity contribution in [3.05, 3.63) is 168 Å². The van der Waals surface area contributed by atoms with Gasteiger partial charge < -0.3 is 34.9 Å². The number of ether oxygens (including phenoxy) is 4. The van der Waals surface area contributed by atoms with Crippen molar-refractivity contribution < 1.29 is 50.9 Å². The summed E-state index contributed by atoms with van der Waals surface area (Å²) in [5.41, 5.74) is 3.79. The molecule has 71 heavy (non-hydrogen) atoms. The fourth-order valence-corrected chi connectivity index (χ4v) is 9.08. The number of carbonyl (C=O) groups excluding carboxylic acids is 3. The van der Waals surface area contributed by atoms with E-state index in [-0.39, 0.29) is 40.7 Å². The number of nitrogens with one attached hydrogen (secondary N) is 3. The number of benzene rings is 6. The van der Waals surface area contributed by atoms with E-state index in [2.05, 4.69) is 34.9 Å². The number of amides is 3. The highest BCUT2D eigenvalue weighted by Gasteiger charge is 2.54. The molecule has 2 saturated carbocycles. The molecule has 3 N–H and O–H groups in total. The molecule has 12 nitrogen and oxygen atoms in total. The summed E-state index contributed by atoms with van der Waals surface area (Å²) < 4.78 is 71.9. The molecular weight excluding hydrogens is 919 g/mol. The molecule has 2 aliphatic heterocycles. The summed E-state index contributed by atoms with van der Waals surface area (Å²) in [4.78, 5) is 47.6.